The maximum Gasteiger partial charge on any atom is 0.263 e. The topological polar surface area (TPSA) is 76.1 Å². The highest BCUT2D eigenvalue weighted by atomic mass is 35.5. The van der Waals surface area contributed by atoms with Crippen LogP contribution in [-0.4, -0.2) is 31.6 Å². The molecule has 0 saturated heterocycles. The molecule has 27 heavy (non-hydrogen) atoms. The molecule has 1 heterocycles. The maximum absolute atomic E-state index is 12.2. The molecule has 3 rings (SSSR count). The third kappa shape index (κ3) is 4.94. The first-order valence-electron chi connectivity index (χ1n) is 8.24. The van der Waals surface area contributed by atoms with E-state index in [2.05, 4.69) is 10.3 Å². The van der Waals surface area contributed by atoms with Crippen LogP contribution in [0.15, 0.2) is 65.7 Å². The van der Waals surface area contributed by atoms with Crippen LogP contribution in [0.2, 0.25) is 5.02 Å². The second kappa shape index (κ2) is 8.65. The number of halogens is 1. The number of nitrogens with zero attached hydrogens (tertiary/aromatic N) is 1. The molecule has 0 aliphatic rings. The van der Waals surface area contributed by atoms with Crippen LogP contribution in [0, 0.1) is 0 Å². The third-order valence-electron chi connectivity index (χ3n) is 3.81. The van der Waals surface area contributed by atoms with Crippen molar-refractivity contribution in [1.82, 2.24) is 10.3 Å². The number of hydrogen-bond donors (Lipinski definition) is 1. The molecule has 1 N–H and O–H groups in total. The van der Waals surface area contributed by atoms with Gasteiger partial charge in [-0.2, -0.15) is 0 Å². The minimum atomic E-state index is -3.34. The van der Waals surface area contributed by atoms with Crippen LogP contribution in [0.5, 0.6) is 0 Å². The summed E-state index contributed by atoms with van der Waals surface area (Å²) in [5, 5.41) is 3.97. The Bertz CT molecular complexity index is 1030. The number of carbonyl (C=O) groups is 1. The maximum atomic E-state index is 12.2. The Labute approximate surface area is 167 Å². The third-order valence-corrected chi connectivity index (χ3v) is 6.99. The lowest BCUT2D eigenvalue weighted by molar-refractivity contribution is 0.0957. The van der Waals surface area contributed by atoms with Gasteiger partial charge in [-0.05, 0) is 24.6 Å². The highest BCUT2D eigenvalue weighted by Gasteiger charge is 2.15. The van der Waals surface area contributed by atoms with Crippen molar-refractivity contribution in [2.45, 2.75) is 11.3 Å². The molecule has 0 unspecified atom stereocenters. The zero-order chi connectivity index (χ0) is 19.3. The summed E-state index contributed by atoms with van der Waals surface area (Å²) in [5.74, 6) is -0.298. The zero-order valence-electron chi connectivity index (χ0n) is 14.3. The Kier molecular flexibility index (Phi) is 6.26. The van der Waals surface area contributed by atoms with Gasteiger partial charge in [-0.3, -0.25) is 4.79 Å². The monoisotopic (exact) mass is 420 g/mol. The molecular formula is C19H17ClN2O3S2. The van der Waals surface area contributed by atoms with Gasteiger partial charge in [-0.25, -0.2) is 13.4 Å². The summed E-state index contributed by atoms with van der Waals surface area (Å²) < 4.78 is 24.4. The second-order valence-corrected chi connectivity index (χ2v) is 9.30. The number of carbonyl (C=O) groups excluding carboxylic acids is 1. The van der Waals surface area contributed by atoms with Crippen molar-refractivity contribution in [2.24, 2.45) is 0 Å². The predicted octanol–water partition coefficient (Wildman–Crippen LogP) is 4.06. The molecule has 0 atom stereocenters. The Morgan fingerprint density at radius 3 is 2.52 bits per heavy atom. The highest BCUT2D eigenvalue weighted by Crippen LogP contribution is 2.30. The summed E-state index contributed by atoms with van der Waals surface area (Å²) in [6.07, 6.45) is 1.83. The van der Waals surface area contributed by atoms with Crippen molar-refractivity contribution >= 4 is 38.7 Å². The number of nitrogens with one attached hydrogen (secondary N) is 1. The Balaban J connectivity index is 1.54. The van der Waals surface area contributed by atoms with E-state index in [0.717, 1.165) is 5.56 Å². The SMILES string of the molecule is O=C(NCCCS(=O)(=O)c1ccccc1)c1cnc(-c2ccccc2Cl)s1. The average molecular weight is 421 g/mol. The van der Waals surface area contributed by atoms with Crippen LogP contribution < -0.4 is 5.32 Å². The largest absolute Gasteiger partial charge is 0.351 e. The number of aromatic nitrogens is 1. The first kappa shape index (κ1) is 19.5. The van der Waals surface area contributed by atoms with Gasteiger partial charge in [0.1, 0.15) is 9.88 Å². The lowest BCUT2D eigenvalue weighted by Crippen LogP contribution is -2.25. The van der Waals surface area contributed by atoms with Gasteiger partial charge < -0.3 is 5.32 Å². The minimum absolute atomic E-state index is 0.0230. The van der Waals surface area contributed by atoms with Crippen molar-refractivity contribution in [1.29, 1.82) is 0 Å². The fourth-order valence-corrected chi connectivity index (χ4v) is 4.92. The summed E-state index contributed by atoms with van der Waals surface area (Å²) >= 11 is 7.40. The van der Waals surface area contributed by atoms with Crippen molar-refractivity contribution < 1.29 is 13.2 Å². The standard InChI is InChI=1S/C19H17ClN2O3S2/c20-16-10-5-4-9-15(16)19-22-13-17(26-19)18(23)21-11-6-12-27(24,25)14-7-2-1-3-8-14/h1-5,7-10,13H,6,11-12H2,(H,21,23). The first-order valence-corrected chi connectivity index (χ1v) is 11.1. The molecule has 140 valence electrons. The Hall–Kier alpha value is -2.22. The number of thiazole rings is 1. The molecule has 3 aromatic rings. The van der Waals surface area contributed by atoms with Crippen LogP contribution in [-0.2, 0) is 9.84 Å². The van der Waals surface area contributed by atoms with Crippen LogP contribution in [0.1, 0.15) is 16.1 Å². The van der Waals surface area contributed by atoms with Gasteiger partial charge in [0.25, 0.3) is 5.91 Å². The minimum Gasteiger partial charge on any atom is -0.351 e. The Morgan fingerprint density at radius 2 is 1.78 bits per heavy atom. The lowest BCUT2D eigenvalue weighted by Gasteiger charge is -2.05. The summed E-state index contributed by atoms with van der Waals surface area (Å²) in [6, 6.07) is 15.6. The zero-order valence-corrected chi connectivity index (χ0v) is 16.7. The van der Waals surface area contributed by atoms with E-state index in [1.165, 1.54) is 17.5 Å². The summed E-state index contributed by atoms with van der Waals surface area (Å²) in [5.41, 5.74) is 0.775. The van der Waals surface area contributed by atoms with E-state index in [0.29, 0.717) is 26.2 Å². The van der Waals surface area contributed by atoms with E-state index < -0.39 is 9.84 Å². The van der Waals surface area contributed by atoms with Crippen LogP contribution in [0.3, 0.4) is 0 Å². The molecule has 0 radical (unpaired) electrons. The van der Waals surface area contributed by atoms with E-state index in [1.54, 1.807) is 36.4 Å². The van der Waals surface area contributed by atoms with Crippen LogP contribution in [0.4, 0.5) is 0 Å². The van der Waals surface area contributed by atoms with Crippen molar-refractivity contribution in [3.8, 4) is 10.6 Å². The first-order chi connectivity index (χ1) is 13.0. The summed E-state index contributed by atoms with van der Waals surface area (Å²) in [6.45, 7) is 0.268. The van der Waals surface area contributed by atoms with Crippen LogP contribution >= 0.6 is 22.9 Å². The molecule has 0 aliphatic carbocycles. The molecule has 1 aromatic heterocycles. The van der Waals surface area contributed by atoms with Gasteiger partial charge in [0, 0.05) is 12.1 Å². The van der Waals surface area contributed by atoms with Gasteiger partial charge in [-0.1, -0.05) is 48.0 Å². The van der Waals surface area contributed by atoms with Crippen molar-refractivity contribution in [3.63, 3.8) is 0 Å². The molecule has 0 bridgehead atoms. The number of hydrogen-bond acceptors (Lipinski definition) is 5. The summed E-state index contributed by atoms with van der Waals surface area (Å²) in [7, 11) is -3.34. The van der Waals surface area contributed by atoms with Gasteiger partial charge >= 0.3 is 0 Å². The smallest absolute Gasteiger partial charge is 0.263 e. The molecular weight excluding hydrogens is 404 g/mol. The van der Waals surface area contributed by atoms with E-state index >= 15 is 0 Å². The van der Waals surface area contributed by atoms with Gasteiger partial charge in [-0.15, -0.1) is 11.3 Å². The van der Waals surface area contributed by atoms with Crippen molar-refractivity contribution in [3.05, 3.63) is 70.7 Å². The molecule has 0 saturated carbocycles. The van der Waals surface area contributed by atoms with E-state index in [4.69, 9.17) is 11.6 Å². The molecule has 5 nitrogen and oxygen atoms in total. The van der Waals surface area contributed by atoms with Gasteiger partial charge in [0.15, 0.2) is 9.84 Å². The molecule has 0 spiro atoms. The molecule has 0 aliphatic heterocycles. The van der Waals surface area contributed by atoms with E-state index in [9.17, 15) is 13.2 Å². The molecule has 2 aromatic carbocycles. The average Bonchev–Trinajstić information content (AvgIpc) is 3.16. The normalized spacial score (nSPS) is 11.3. The molecule has 0 fully saturated rings. The molecule has 8 heteroatoms. The summed E-state index contributed by atoms with van der Waals surface area (Å²) in [4.78, 5) is 17.2. The predicted molar refractivity (Wildman–Crippen MR) is 108 cm³/mol. The molecule has 1 amide bonds. The fourth-order valence-electron chi connectivity index (χ4n) is 2.44. The van der Waals surface area contributed by atoms with Gasteiger partial charge in [0.05, 0.1) is 21.9 Å². The number of benzene rings is 2. The quantitative estimate of drug-likeness (QED) is 0.585. The van der Waals surface area contributed by atoms with E-state index in [-0.39, 0.29) is 18.2 Å². The number of sulfone groups is 1. The lowest BCUT2D eigenvalue weighted by atomic mass is 10.2. The van der Waals surface area contributed by atoms with E-state index in [1.807, 2.05) is 18.2 Å². The Morgan fingerprint density at radius 1 is 1.07 bits per heavy atom. The number of rotatable bonds is 7. The highest BCUT2D eigenvalue weighted by molar-refractivity contribution is 7.91. The van der Waals surface area contributed by atoms with Crippen LogP contribution in [0.25, 0.3) is 10.6 Å². The fraction of sp³-hybridized carbons (Fsp3) is 0.158. The number of amides is 1. The van der Waals surface area contributed by atoms with Gasteiger partial charge in [0.2, 0.25) is 0 Å². The second-order valence-electron chi connectivity index (χ2n) is 5.75. The van der Waals surface area contributed by atoms with Crippen molar-refractivity contribution in [2.75, 3.05) is 12.3 Å².